The Morgan fingerprint density at radius 3 is 0.904 bits per heavy atom. The van der Waals surface area contributed by atoms with E-state index in [1.807, 2.05) is 109 Å². The molecule has 0 saturated heterocycles. The number of halogens is 12. The number of nitrogens with zero attached hydrogens (tertiary/aromatic N) is 8. The minimum Gasteiger partial charge on any atom is -0.309 e. The lowest BCUT2D eigenvalue weighted by atomic mass is 9.98. The molecule has 0 bridgehead atoms. The SMILES string of the molecule is FC(F)(F)c1ccc2c(c1)c1ccccc1n2-c1ccncc1-c1ccc(-c2cc(-c3ccccc3)nc(-c3ccc(-c4cnccc4-n4c5ccccc5c5cc(C(F)(F)F)ccc54)c(-n4c5ccccc5c5cc(C(F)(F)F)ccc54)c3)n2)cc1-n1c2ccccc2c2cc(C(F)(F)F)ccc21. The van der Waals surface area contributed by atoms with Gasteiger partial charge >= 0.3 is 24.7 Å². The number of aromatic nitrogens is 8. The van der Waals surface area contributed by atoms with Crippen molar-refractivity contribution in [2.24, 2.45) is 0 Å². The number of pyridine rings is 2. The molecule has 0 atom stereocenters. The van der Waals surface area contributed by atoms with Crippen molar-refractivity contribution in [3.63, 3.8) is 0 Å². The lowest BCUT2D eigenvalue weighted by Gasteiger charge is -2.20. The summed E-state index contributed by atoms with van der Waals surface area (Å²) >= 11 is 0. The fraction of sp³-hybridized carbons (Fsp3) is 0.0476. The molecule has 7 aromatic heterocycles. The van der Waals surface area contributed by atoms with Gasteiger partial charge in [-0.15, -0.1) is 0 Å². The van der Waals surface area contributed by atoms with E-state index in [2.05, 4.69) is 9.97 Å². The maximum atomic E-state index is 14.8. The quantitative estimate of drug-likeness (QED) is 0.135. The summed E-state index contributed by atoms with van der Waals surface area (Å²) in [5.74, 6) is 0.181. The Labute approximate surface area is 580 Å². The van der Waals surface area contributed by atoms with Crippen molar-refractivity contribution in [1.82, 2.24) is 38.2 Å². The molecule has 0 aliphatic heterocycles. The van der Waals surface area contributed by atoms with Crippen molar-refractivity contribution in [2.75, 3.05) is 0 Å². The van der Waals surface area contributed by atoms with Gasteiger partial charge in [0.05, 0.1) is 101 Å². The zero-order valence-electron chi connectivity index (χ0n) is 53.7. The van der Waals surface area contributed by atoms with Crippen LogP contribution in [0.4, 0.5) is 52.7 Å². The van der Waals surface area contributed by atoms with Gasteiger partial charge in [0, 0.05) is 107 Å². The number of alkyl halides is 12. The maximum Gasteiger partial charge on any atom is 0.416 e. The van der Waals surface area contributed by atoms with E-state index in [0.717, 1.165) is 48.5 Å². The van der Waals surface area contributed by atoms with Crippen molar-refractivity contribution < 1.29 is 52.7 Å². The molecule has 7 heterocycles. The normalized spacial score (nSPS) is 12.6. The van der Waals surface area contributed by atoms with Crippen LogP contribution >= 0.6 is 0 Å². The highest BCUT2D eigenvalue weighted by molar-refractivity contribution is 6.14. The summed E-state index contributed by atoms with van der Waals surface area (Å²) in [7, 11) is 0. The zero-order chi connectivity index (χ0) is 71.3. The first-order valence-corrected chi connectivity index (χ1v) is 32.7. The number of rotatable bonds is 9. The molecular formula is C84H46F12N8. The summed E-state index contributed by atoms with van der Waals surface area (Å²) in [5, 5.41) is 3.38. The van der Waals surface area contributed by atoms with Gasteiger partial charge in [0.15, 0.2) is 5.82 Å². The Bertz CT molecular complexity index is 6200. The van der Waals surface area contributed by atoms with Crippen molar-refractivity contribution >= 4 is 87.2 Å². The standard InChI is InChI=1S/C84H46F12N8/c85-81(86,87)50-24-30-72-60(40-50)54-14-4-8-18-68(54)101(72)76-34-36-97-45-64(76)58-28-22-48(38-78(58)103-70-20-10-6-16-56(70)62-42-52(83(91,92)93)26-32-74(62)103)67-44-66(47-12-2-1-3-13-47)99-80(100-67)49-23-29-59(79(39-49)104-71-21-11-7-17-57(71)63-43-53(84(94,95)96)27-33-75(63)104)65-46-98-37-35-77(65)102-69-19-9-5-15-55(69)61-41-51(82(88,89)90)25-31-73(61)102/h1-46H. The maximum absolute atomic E-state index is 14.8. The van der Waals surface area contributed by atoms with Crippen LogP contribution in [0.1, 0.15) is 22.3 Å². The summed E-state index contributed by atoms with van der Waals surface area (Å²) in [4.78, 5) is 20.0. The van der Waals surface area contributed by atoms with E-state index in [-0.39, 0.29) is 5.82 Å². The van der Waals surface area contributed by atoms with Crippen LogP contribution in [-0.4, -0.2) is 38.2 Å². The van der Waals surface area contributed by atoms with Crippen molar-refractivity contribution in [3.8, 4) is 78.9 Å². The van der Waals surface area contributed by atoms with Crippen molar-refractivity contribution in [2.45, 2.75) is 24.7 Å². The molecule has 0 unspecified atom stereocenters. The molecule has 20 heteroatoms. The van der Waals surface area contributed by atoms with Gasteiger partial charge in [-0.25, -0.2) is 9.97 Å². The molecule has 506 valence electrons. The van der Waals surface area contributed by atoms with E-state index in [9.17, 15) is 52.7 Å². The molecule has 0 N–H and O–H groups in total. The summed E-state index contributed by atoms with van der Waals surface area (Å²) in [6.07, 6.45) is -12.3. The third-order valence-corrected chi connectivity index (χ3v) is 19.5. The van der Waals surface area contributed by atoms with Crippen LogP contribution in [0.5, 0.6) is 0 Å². The fourth-order valence-electron chi connectivity index (χ4n) is 14.9. The molecule has 0 saturated carbocycles. The third kappa shape index (κ3) is 10.3. The number of benzene rings is 11. The summed E-state index contributed by atoms with van der Waals surface area (Å²) in [6, 6.07) is 68.4. The predicted molar refractivity (Wildman–Crippen MR) is 382 cm³/mol. The van der Waals surface area contributed by atoms with Crippen LogP contribution in [0.25, 0.3) is 166 Å². The molecule has 0 radical (unpaired) electrons. The second-order valence-corrected chi connectivity index (χ2v) is 25.4. The smallest absolute Gasteiger partial charge is 0.309 e. The Hall–Kier alpha value is -12.8. The molecule has 0 aliphatic carbocycles. The van der Waals surface area contributed by atoms with Gasteiger partial charge < -0.3 is 18.3 Å². The Morgan fingerprint density at radius 2 is 0.538 bits per heavy atom. The first-order valence-electron chi connectivity index (χ1n) is 32.7. The van der Waals surface area contributed by atoms with Gasteiger partial charge in [-0.2, -0.15) is 52.7 Å². The summed E-state index contributed by atoms with van der Waals surface area (Å²) in [6.45, 7) is 0. The molecule has 11 aromatic carbocycles. The number of fused-ring (bicyclic) bond motifs is 12. The molecule has 18 aromatic rings. The monoisotopic (exact) mass is 1390 g/mol. The van der Waals surface area contributed by atoms with E-state index in [0.29, 0.717) is 160 Å². The largest absolute Gasteiger partial charge is 0.416 e. The Kier molecular flexibility index (Phi) is 14.2. The van der Waals surface area contributed by atoms with Crippen LogP contribution in [0.3, 0.4) is 0 Å². The van der Waals surface area contributed by atoms with E-state index in [4.69, 9.17) is 9.97 Å². The van der Waals surface area contributed by atoms with Gasteiger partial charge in [-0.1, -0.05) is 127 Å². The topological polar surface area (TPSA) is 71.3 Å². The molecule has 8 nitrogen and oxygen atoms in total. The highest BCUT2D eigenvalue weighted by Crippen LogP contribution is 2.48. The summed E-state index contributed by atoms with van der Waals surface area (Å²) in [5.41, 5.74) is 6.94. The number of para-hydroxylation sites is 4. The highest BCUT2D eigenvalue weighted by atomic mass is 19.4. The van der Waals surface area contributed by atoms with Gasteiger partial charge in [-0.3, -0.25) is 9.97 Å². The van der Waals surface area contributed by atoms with Gasteiger partial charge in [0.2, 0.25) is 0 Å². The minimum atomic E-state index is -4.70. The van der Waals surface area contributed by atoms with E-state index < -0.39 is 47.0 Å². The Morgan fingerprint density at radius 1 is 0.231 bits per heavy atom. The second kappa shape index (κ2) is 23.4. The van der Waals surface area contributed by atoms with E-state index >= 15 is 0 Å². The molecule has 0 amide bonds. The summed E-state index contributed by atoms with van der Waals surface area (Å²) < 4.78 is 183. The first kappa shape index (κ1) is 63.3. The molecule has 0 aliphatic rings. The van der Waals surface area contributed by atoms with Crippen LogP contribution in [0, 0.1) is 0 Å². The van der Waals surface area contributed by atoms with Crippen LogP contribution in [0.15, 0.2) is 280 Å². The lowest BCUT2D eigenvalue weighted by Crippen LogP contribution is -2.05. The molecule has 0 spiro atoms. The average Bonchev–Trinajstić information content (AvgIpc) is 1.54. The first-order chi connectivity index (χ1) is 50.1. The number of hydrogen-bond donors (Lipinski definition) is 0. The number of hydrogen-bond acceptors (Lipinski definition) is 4. The van der Waals surface area contributed by atoms with E-state index in [1.165, 1.54) is 24.3 Å². The van der Waals surface area contributed by atoms with Crippen molar-refractivity contribution in [3.05, 3.63) is 302 Å². The fourth-order valence-corrected chi connectivity index (χ4v) is 14.9. The third-order valence-electron chi connectivity index (χ3n) is 19.5. The van der Waals surface area contributed by atoms with E-state index in [1.54, 1.807) is 116 Å². The second-order valence-electron chi connectivity index (χ2n) is 25.4. The lowest BCUT2D eigenvalue weighted by molar-refractivity contribution is -0.138. The molecule has 104 heavy (non-hydrogen) atoms. The Balaban J connectivity index is 0.892. The van der Waals surface area contributed by atoms with Crippen LogP contribution in [0.2, 0.25) is 0 Å². The van der Waals surface area contributed by atoms with Crippen LogP contribution < -0.4 is 0 Å². The van der Waals surface area contributed by atoms with Gasteiger partial charge in [0.1, 0.15) is 0 Å². The van der Waals surface area contributed by atoms with Gasteiger partial charge in [-0.05, 0) is 127 Å². The predicted octanol–water partition coefficient (Wildman–Crippen LogP) is 24.1. The molecule has 0 fully saturated rings. The van der Waals surface area contributed by atoms with Crippen molar-refractivity contribution in [1.29, 1.82) is 0 Å². The zero-order valence-corrected chi connectivity index (χ0v) is 53.7. The van der Waals surface area contributed by atoms with Crippen LogP contribution in [-0.2, 0) is 24.7 Å². The molecule has 18 rings (SSSR count). The van der Waals surface area contributed by atoms with Gasteiger partial charge in [0.25, 0.3) is 0 Å². The minimum absolute atomic E-state index is 0.181. The average molecular weight is 1400 g/mol. The highest BCUT2D eigenvalue weighted by Gasteiger charge is 2.36. The molecular weight excluding hydrogens is 1350 g/mol.